The number of alkyl halides is 2. The molecule has 0 aromatic heterocycles. The molecule has 0 aliphatic carbocycles. The number of halogens is 2. The van der Waals surface area contributed by atoms with Crippen molar-refractivity contribution in [1.29, 1.82) is 0 Å². The van der Waals surface area contributed by atoms with E-state index in [1.807, 2.05) is 0 Å². The minimum Gasteiger partial charge on any atom is -0.327 e. The monoisotopic (exact) mass is 187 g/mol. The van der Waals surface area contributed by atoms with E-state index in [1.54, 1.807) is 0 Å². The van der Waals surface area contributed by atoms with Crippen molar-refractivity contribution in [2.75, 3.05) is 6.54 Å². The topological polar surface area (TPSA) is 52.0 Å². The molecule has 0 unspecified atom stereocenters. The molecule has 0 atom stereocenters. The molecule has 0 saturated heterocycles. The number of nitrogens with two attached hydrogens (primary N) is 2. The van der Waals surface area contributed by atoms with Crippen LogP contribution in [0.2, 0.25) is 0 Å². The van der Waals surface area contributed by atoms with E-state index < -0.39 is 4.46 Å². The van der Waals surface area contributed by atoms with Crippen molar-refractivity contribution in [1.82, 2.24) is 0 Å². The predicted molar refractivity (Wildman–Crippen MR) is 27.7 cm³/mol. The summed E-state index contributed by atoms with van der Waals surface area (Å²) in [6.07, 6.45) is 0. The molecule has 0 aliphatic rings. The molecule has 0 bridgehead atoms. The largest absolute Gasteiger partial charge is 0.327 e. The molecule has 7 heavy (non-hydrogen) atoms. The molecule has 2 nitrogen and oxygen atoms in total. The first-order valence-corrected chi connectivity index (χ1v) is 2.18. The Labute approximate surface area is 62.7 Å². The van der Waals surface area contributed by atoms with Crippen LogP contribution >= 0.6 is 23.2 Å². The molecule has 0 heterocycles. The minimum atomic E-state index is -1.24. The molecule has 4 N–H and O–H groups in total. The summed E-state index contributed by atoms with van der Waals surface area (Å²) in [5.74, 6) is 0. The molecule has 0 aromatic rings. The van der Waals surface area contributed by atoms with Gasteiger partial charge in [-0.05, 0) is 0 Å². The van der Waals surface area contributed by atoms with E-state index in [0.717, 1.165) is 0 Å². The van der Waals surface area contributed by atoms with Crippen LogP contribution in [-0.2, 0) is 16.8 Å². The van der Waals surface area contributed by atoms with Gasteiger partial charge in [-0.15, -0.1) is 0 Å². The normalized spacial score (nSPS) is 10.3. The second-order valence-electron chi connectivity index (χ2n) is 0.965. The second kappa shape index (κ2) is 3.94. The van der Waals surface area contributed by atoms with Crippen molar-refractivity contribution in [3.8, 4) is 0 Å². The van der Waals surface area contributed by atoms with Crippen LogP contribution in [0.3, 0.4) is 0 Å². The molecule has 0 amide bonds. The molecule has 0 fully saturated rings. The van der Waals surface area contributed by atoms with E-state index in [-0.39, 0.29) is 23.3 Å². The van der Waals surface area contributed by atoms with Crippen molar-refractivity contribution >= 4 is 23.2 Å². The SMILES string of the molecule is NCC(N)(Cl)Cl.[Co]. The third-order valence-electron chi connectivity index (χ3n) is 0.272. The van der Waals surface area contributed by atoms with Crippen LogP contribution in [0.5, 0.6) is 0 Å². The van der Waals surface area contributed by atoms with Crippen LogP contribution in [0, 0.1) is 0 Å². The van der Waals surface area contributed by atoms with Crippen molar-refractivity contribution in [3.63, 3.8) is 0 Å². The Morgan fingerprint density at radius 3 is 1.57 bits per heavy atom. The van der Waals surface area contributed by atoms with Gasteiger partial charge in [0.25, 0.3) is 0 Å². The molecule has 0 aliphatic heterocycles. The van der Waals surface area contributed by atoms with Gasteiger partial charge in [0, 0.05) is 23.3 Å². The molecule has 0 saturated carbocycles. The van der Waals surface area contributed by atoms with Gasteiger partial charge in [0.05, 0.1) is 0 Å². The van der Waals surface area contributed by atoms with Gasteiger partial charge in [0.2, 0.25) is 0 Å². The van der Waals surface area contributed by atoms with Gasteiger partial charge < -0.3 is 5.73 Å². The minimum absolute atomic E-state index is 0. The van der Waals surface area contributed by atoms with Gasteiger partial charge >= 0.3 is 0 Å². The van der Waals surface area contributed by atoms with Crippen molar-refractivity contribution in [2.45, 2.75) is 4.46 Å². The van der Waals surface area contributed by atoms with Gasteiger partial charge in [-0.3, -0.25) is 5.73 Å². The Hall–Kier alpha value is 1.01. The Bertz CT molecular complexity index is 43.4. The predicted octanol–water partition coefficient (Wildman–Crippen LogP) is 0.0327. The number of rotatable bonds is 1. The molecular formula is C2H6Cl2CoN2. The summed E-state index contributed by atoms with van der Waals surface area (Å²) in [6.45, 7) is 0.0795. The summed E-state index contributed by atoms with van der Waals surface area (Å²) in [4.78, 5) is 0. The summed E-state index contributed by atoms with van der Waals surface area (Å²) < 4.78 is -1.24. The van der Waals surface area contributed by atoms with E-state index in [4.69, 9.17) is 34.7 Å². The quantitative estimate of drug-likeness (QED) is 0.450. The van der Waals surface area contributed by atoms with E-state index in [9.17, 15) is 0 Å². The molecule has 47 valence electrons. The first kappa shape index (κ1) is 10.9. The van der Waals surface area contributed by atoms with E-state index in [2.05, 4.69) is 0 Å². The van der Waals surface area contributed by atoms with Gasteiger partial charge in [0.1, 0.15) is 0 Å². The Kier molecular flexibility index (Phi) is 6.14. The van der Waals surface area contributed by atoms with Crippen LogP contribution in [0.4, 0.5) is 0 Å². The van der Waals surface area contributed by atoms with Crippen LogP contribution < -0.4 is 11.5 Å². The van der Waals surface area contributed by atoms with Crippen LogP contribution in [0.15, 0.2) is 0 Å². The summed E-state index contributed by atoms with van der Waals surface area (Å²) in [7, 11) is 0. The number of hydrogen-bond acceptors (Lipinski definition) is 2. The fourth-order valence-electron chi connectivity index (χ4n) is 0. The average Bonchev–Trinajstić information content (AvgIpc) is 1.35. The standard InChI is InChI=1S/C2H6Cl2N2.Co/c3-2(4,6)1-5;/h1,5-6H2;. The van der Waals surface area contributed by atoms with Crippen LogP contribution in [-0.4, -0.2) is 11.0 Å². The van der Waals surface area contributed by atoms with E-state index in [0.29, 0.717) is 0 Å². The Balaban J connectivity index is 0. The molecule has 0 aromatic carbocycles. The smallest absolute Gasteiger partial charge is 0.178 e. The fourth-order valence-corrected chi connectivity index (χ4v) is 0. The van der Waals surface area contributed by atoms with Gasteiger partial charge in [-0.1, -0.05) is 23.2 Å². The zero-order valence-electron chi connectivity index (χ0n) is 3.45. The maximum atomic E-state index is 5.14. The van der Waals surface area contributed by atoms with Crippen LogP contribution in [0.1, 0.15) is 0 Å². The van der Waals surface area contributed by atoms with Crippen LogP contribution in [0.25, 0.3) is 0 Å². The summed E-state index contributed by atoms with van der Waals surface area (Å²) in [5.41, 5.74) is 9.86. The van der Waals surface area contributed by atoms with Gasteiger partial charge in [0.15, 0.2) is 4.46 Å². The third kappa shape index (κ3) is 10.9. The van der Waals surface area contributed by atoms with E-state index >= 15 is 0 Å². The first-order chi connectivity index (χ1) is 2.56. The van der Waals surface area contributed by atoms with E-state index in [1.165, 1.54) is 0 Å². The van der Waals surface area contributed by atoms with Crippen molar-refractivity contribution < 1.29 is 16.8 Å². The molecule has 0 rings (SSSR count). The fraction of sp³-hybridized carbons (Fsp3) is 1.00. The number of hydrogen-bond donors (Lipinski definition) is 2. The van der Waals surface area contributed by atoms with Crippen molar-refractivity contribution in [2.24, 2.45) is 11.5 Å². The summed E-state index contributed by atoms with van der Waals surface area (Å²) in [6, 6.07) is 0. The van der Waals surface area contributed by atoms with Crippen molar-refractivity contribution in [3.05, 3.63) is 0 Å². The zero-order valence-corrected chi connectivity index (χ0v) is 6.00. The zero-order chi connectivity index (χ0) is 5.21. The summed E-state index contributed by atoms with van der Waals surface area (Å²) in [5, 5.41) is 0. The Morgan fingerprint density at radius 2 is 1.57 bits per heavy atom. The van der Waals surface area contributed by atoms with Gasteiger partial charge in [-0.2, -0.15) is 0 Å². The molecular weight excluding hydrogens is 182 g/mol. The first-order valence-electron chi connectivity index (χ1n) is 1.43. The molecule has 5 heteroatoms. The Morgan fingerprint density at radius 1 is 1.43 bits per heavy atom. The third-order valence-corrected chi connectivity index (χ3v) is 0.581. The molecule has 0 spiro atoms. The maximum Gasteiger partial charge on any atom is 0.178 e. The van der Waals surface area contributed by atoms with Gasteiger partial charge in [-0.25, -0.2) is 0 Å². The molecule has 1 radical (unpaired) electrons. The maximum absolute atomic E-state index is 5.14. The second-order valence-corrected chi connectivity index (χ2v) is 2.51. The average molecular weight is 188 g/mol. The summed E-state index contributed by atoms with van der Waals surface area (Å²) >= 11 is 10.3.